The minimum absolute atomic E-state index is 0.0640. The number of aromatic hydroxyl groups is 1. The molecule has 2 aromatic carbocycles. The van der Waals surface area contributed by atoms with Crippen LogP contribution in [0.1, 0.15) is 67.3 Å². The van der Waals surface area contributed by atoms with Crippen LogP contribution in [0, 0.1) is 13.8 Å². The van der Waals surface area contributed by atoms with Crippen molar-refractivity contribution in [3.8, 4) is 5.75 Å². The number of phenols is 1. The van der Waals surface area contributed by atoms with Gasteiger partial charge in [0.15, 0.2) is 0 Å². The highest BCUT2D eigenvalue weighted by atomic mass is 16.3. The molecule has 2 N–H and O–H groups in total. The van der Waals surface area contributed by atoms with Crippen LogP contribution in [0.5, 0.6) is 5.75 Å². The van der Waals surface area contributed by atoms with Crippen molar-refractivity contribution in [1.82, 2.24) is 0 Å². The number of carbonyl (C=O) groups is 1. The lowest BCUT2D eigenvalue weighted by Crippen LogP contribution is -2.11. The van der Waals surface area contributed by atoms with Crippen LogP contribution < -0.4 is 5.32 Å². The van der Waals surface area contributed by atoms with Gasteiger partial charge in [-0.25, -0.2) is 0 Å². The lowest BCUT2D eigenvalue weighted by atomic mass is 9.92. The number of carbonyl (C=O) groups excluding carboxylic acids is 1. The van der Waals surface area contributed by atoms with Crippen molar-refractivity contribution < 1.29 is 9.90 Å². The van der Waals surface area contributed by atoms with E-state index in [9.17, 15) is 9.90 Å². The fourth-order valence-electron chi connectivity index (χ4n) is 3.18. The predicted octanol–water partition coefficient (Wildman–Crippen LogP) is 5.46. The molecule has 0 fully saturated rings. The summed E-state index contributed by atoms with van der Waals surface area (Å²) in [7, 11) is 0. The molecule has 0 heterocycles. The Kier molecular flexibility index (Phi) is 6.24. The van der Waals surface area contributed by atoms with E-state index in [1.807, 2.05) is 25.1 Å². The molecule has 2 rings (SSSR count). The average Bonchev–Trinajstić information content (AvgIpc) is 2.52. The smallest absolute Gasteiger partial charge is 0.224 e. The Morgan fingerprint density at radius 2 is 1.76 bits per heavy atom. The largest absolute Gasteiger partial charge is 0.508 e. The fourth-order valence-corrected chi connectivity index (χ4v) is 3.18. The number of nitrogens with one attached hydrogen (secondary N) is 1. The second-order valence-electron chi connectivity index (χ2n) is 7.11. The molecule has 134 valence electrons. The maximum absolute atomic E-state index is 11.8. The first-order chi connectivity index (χ1) is 11.8. The zero-order valence-corrected chi connectivity index (χ0v) is 15.9. The molecule has 0 unspecified atom stereocenters. The van der Waals surface area contributed by atoms with Crippen LogP contribution in [-0.2, 0) is 11.2 Å². The molecule has 0 bridgehead atoms. The van der Waals surface area contributed by atoms with Crippen molar-refractivity contribution in [2.45, 2.75) is 59.8 Å². The predicted molar refractivity (Wildman–Crippen MR) is 104 cm³/mol. The molecule has 0 aliphatic heterocycles. The molecule has 0 saturated heterocycles. The lowest BCUT2D eigenvalue weighted by Gasteiger charge is -2.15. The van der Waals surface area contributed by atoms with Gasteiger partial charge in [0.1, 0.15) is 5.75 Å². The standard InChI is InChI=1S/C22H29NO2/c1-6-7-22(25)23-18-10-15(4)20(16(5)11-18)13-17-8-9-21(24)19(12-17)14(2)3/h8-12,14,24H,6-7,13H2,1-5H3,(H,23,25). The average molecular weight is 339 g/mol. The molecule has 0 spiro atoms. The molecule has 2 aromatic rings. The Morgan fingerprint density at radius 1 is 1.12 bits per heavy atom. The summed E-state index contributed by atoms with van der Waals surface area (Å²) in [5.74, 6) is 0.716. The molecule has 3 heteroatoms. The second-order valence-corrected chi connectivity index (χ2v) is 7.11. The Morgan fingerprint density at radius 3 is 2.32 bits per heavy atom. The Bertz CT molecular complexity index is 740. The Hall–Kier alpha value is -2.29. The van der Waals surface area contributed by atoms with E-state index in [1.165, 1.54) is 22.3 Å². The van der Waals surface area contributed by atoms with Gasteiger partial charge in [-0.15, -0.1) is 0 Å². The Labute approximate surface area is 151 Å². The number of aryl methyl sites for hydroxylation is 2. The van der Waals surface area contributed by atoms with Gasteiger partial charge in [-0.05, 0) is 78.6 Å². The van der Waals surface area contributed by atoms with Crippen LogP contribution in [-0.4, -0.2) is 11.0 Å². The summed E-state index contributed by atoms with van der Waals surface area (Å²) in [6, 6.07) is 9.95. The van der Waals surface area contributed by atoms with Crippen LogP contribution in [0.15, 0.2) is 30.3 Å². The lowest BCUT2D eigenvalue weighted by molar-refractivity contribution is -0.116. The van der Waals surface area contributed by atoms with Crippen LogP contribution >= 0.6 is 0 Å². The van der Waals surface area contributed by atoms with Gasteiger partial charge in [0.05, 0.1) is 0 Å². The molecule has 0 saturated carbocycles. The van der Waals surface area contributed by atoms with E-state index in [0.29, 0.717) is 18.1 Å². The number of rotatable bonds is 6. The second kappa shape index (κ2) is 8.19. The van der Waals surface area contributed by atoms with E-state index < -0.39 is 0 Å². The van der Waals surface area contributed by atoms with Crippen molar-refractivity contribution in [2.75, 3.05) is 5.32 Å². The van der Waals surface area contributed by atoms with Crippen molar-refractivity contribution in [3.05, 3.63) is 58.1 Å². The number of hydrogen-bond acceptors (Lipinski definition) is 2. The number of amides is 1. The molecule has 0 aliphatic carbocycles. The SMILES string of the molecule is CCCC(=O)Nc1cc(C)c(Cc2ccc(O)c(C(C)C)c2)c(C)c1. The Balaban J connectivity index is 2.26. The first kappa shape index (κ1) is 19.0. The van der Waals surface area contributed by atoms with Gasteiger partial charge < -0.3 is 10.4 Å². The third-order valence-electron chi connectivity index (χ3n) is 4.55. The summed E-state index contributed by atoms with van der Waals surface area (Å²) >= 11 is 0. The van der Waals surface area contributed by atoms with E-state index in [4.69, 9.17) is 0 Å². The van der Waals surface area contributed by atoms with E-state index in [0.717, 1.165) is 24.1 Å². The first-order valence-electron chi connectivity index (χ1n) is 9.03. The number of anilines is 1. The summed E-state index contributed by atoms with van der Waals surface area (Å²) in [6.45, 7) is 10.3. The third kappa shape index (κ3) is 4.85. The molecule has 25 heavy (non-hydrogen) atoms. The monoisotopic (exact) mass is 339 g/mol. The minimum atomic E-state index is 0.0640. The highest BCUT2D eigenvalue weighted by Crippen LogP contribution is 2.29. The first-order valence-corrected chi connectivity index (χ1v) is 9.03. The van der Waals surface area contributed by atoms with Crippen molar-refractivity contribution in [3.63, 3.8) is 0 Å². The number of benzene rings is 2. The van der Waals surface area contributed by atoms with Crippen molar-refractivity contribution >= 4 is 11.6 Å². The van der Waals surface area contributed by atoms with Gasteiger partial charge in [-0.1, -0.05) is 32.9 Å². The molecule has 3 nitrogen and oxygen atoms in total. The van der Waals surface area contributed by atoms with Gasteiger partial charge >= 0.3 is 0 Å². The highest BCUT2D eigenvalue weighted by molar-refractivity contribution is 5.90. The van der Waals surface area contributed by atoms with Gasteiger partial charge in [0, 0.05) is 12.1 Å². The molecular formula is C22H29NO2. The van der Waals surface area contributed by atoms with E-state index in [1.54, 1.807) is 6.07 Å². The zero-order chi connectivity index (χ0) is 18.6. The van der Waals surface area contributed by atoms with E-state index in [2.05, 4.69) is 39.1 Å². The fraction of sp³-hybridized carbons (Fsp3) is 0.409. The summed E-state index contributed by atoms with van der Waals surface area (Å²) in [5, 5.41) is 13.0. The molecule has 0 atom stereocenters. The number of phenolic OH excluding ortho intramolecular Hbond substituents is 1. The van der Waals surface area contributed by atoms with Crippen molar-refractivity contribution in [2.24, 2.45) is 0 Å². The van der Waals surface area contributed by atoms with E-state index >= 15 is 0 Å². The highest BCUT2D eigenvalue weighted by Gasteiger charge is 2.11. The normalized spacial score (nSPS) is 11.0. The molecule has 1 amide bonds. The topological polar surface area (TPSA) is 49.3 Å². The summed E-state index contributed by atoms with van der Waals surface area (Å²) in [5.41, 5.74) is 6.66. The molecule has 0 aliphatic rings. The van der Waals surface area contributed by atoms with Crippen LogP contribution in [0.2, 0.25) is 0 Å². The van der Waals surface area contributed by atoms with Crippen molar-refractivity contribution in [1.29, 1.82) is 0 Å². The van der Waals surface area contributed by atoms with Gasteiger partial charge in [-0.2, -0.15) is 0 Å². The third-order valence-corrected chi connectivity index (χ3v) is 4.55. The maximum atomic E-state index is 11.8. The number of hydrogen-bond donors (Lipinski definition) is 2. The minimum Gasteiger partial charge on any atom is -0.508 e. The van der Waals surface area contributed by atoms with Gasteiger partial charge in [0.2, 0.25) is 5.91 Å². The van der Waals surface area contributed by atoms with Crippen LogP contribution in [0.3, 0.4) is 0 Å². The quantitative estimate of drug-likeness (QED) is 0.734. The summed E-state index contributed by atoms with van der Waals surface area (Å²) in [4.78, 5) is 11.8. The summed E-state index contributed by atoms with van der Waals surface area (Å²) < 4.78 is 0. The molecule has 0 aromatic heterocycles. The summed E-state index contributed by atoms with van der Waals surface area (Å²) in [6.07, 6.45) is 2.22. The molecular weight excluding hydrogens is 310 g/mol. The van der Waals surface area contributed by atoms with Crippen LogP contribution in [0.4, 0.5) is 5.69 Å². The van der Waals surface area contributed by atoms with Gasteiger partial charge in [-0.3, -0.25) is 4.79 Å². The van der Waals surface area contributed by atoms with Crippen LogP contribution in [0.25, 0.3) is 0 Å². The zero-order valence-electron chi connectivity index (χ0n) is 15.9. The van der Waals surface area contributed by atoms with E-state index in [-0.39, 0.29) is 5.91 Å². The van der Waals surface area contributed by atoms with Gasteiger partial charge in [0.25, 0.3) is 0 Å². The maximum Gasteiger partial charge on any atom is 0.224 e. The molecule has 0 radical (unpaired) electrons.